The molecule has 3 heteroatoms. The smallest absolute Gasteiger partial charge is 0.144 e. The molecule has 0 aliphatic heterocycles. The second kappa shape index (κ2) is 6.20. The predicted molar refractivity (Wildman–Crippen MR) is 82.2 cm³/mol. The maximum atomic E-state index is 13.8. The summed E-state index contributed by atoms with van der Waals surface area (Å²) in [4.78, 5) is 0. The molecule has 4 atom stereocenters. The summed E-state index contributed by atoms with van der Waals surface area (Å²) >= 11 is 0. The average molecular weight is 301 g/mol. The van der Waals surface area contributed by atoms with Crippen molar-refractivity contribution in [3.63, 3.8) is 0 Å². The van der Waals surface area contributed by atoms with E-state index in [9.17, 15) is 8.78 Å². The Morgan fingerprint density at radius 1 is 1.05 bits per heavy atom. The molecule has 2 aliphatic rings. The third-order valence-corrected chi connectivity index (χ3v) is 5.63. The summed E-state index contributed by atoms with van der Waals surface area (Å²) in [5.74, 6) is 0.809. The molecule has 2 fully saturated rings. The van der Waals surface area contributed by atoms with Gasteiger partial charge < -0.3 is 0 Å². The number of hydrogen-bond donors (Lipinski definition) is 0. The zero-order valence-electron chi connectivity index (χ0n) is 12.7. The normalized spacial score (nSPS) is 31.1. The lowest BCUT2D eigenvalue weighted by Crippen LogP contribution is -2.30. The highest BCUT2D eigenvalue weighted by atomic mass is 19.1. The summed E-state index contributed by atoms with van der Waals surface area (Å²) in [6.07, 6.45) is 8.80. The molecule has 0 N–H and O–H groups in total. The maximum absolute atomic E-state index is 13.8. The summed E-state index contributed by atoms with van der Waals surface area (Å²) in [7, 11) is 0. The van der Waals surface area contributed by atoms with Crippen LogP contribution >= 0.6 is 0 Å². The van der Waals surface area contributed by atoms with Gasteiger partial charge in [0.2, 0.25) is 0 Å². The number of halogens is 2. The predicted octanol–water partition coefficient (Wildman–Crippen LogP) is 5.32. The Bertz CT molecular complexity index is 593. The monoisotopic (exact) mass is 301 g/mol. The van der Waals surface area contributed by atoms with Crippen molar-refractivity contribution >= 4 is 0 Å². The van der Waals surface area contributed by atoms with Crippen LogP contribution in [0.25, 0.3) is 0 Å². The number of allylic oxidation sites excluding steroid dienone is 1. The van der Waals surface area contributed by atoms with Gasteiger partial charge in [-0.15, -0.1) is 6.58 Å². The van der Waals surface area contributed by atoms with Gasteiger partial charge in [0.25, 0.3) is 0 Å². The van der Waals surface area contributed by atoms with Crippen molar-refractivity contribution in [3.05, 3.63) is 47.5 Å². The van der Waals surface area contributed by atoms with E-state index in [1.807, 2.05) is 0 Å². The molecule has 4 unspecified atom stereocenters. The molecule has 1 aromatic carbocycles. The van der Waals surface area contributed by atoms with Crippen LogP contribution < -0.4 is 0 Å². The molecule has 3 rings (SSSR count). The lowest BCUT2D eigenvalue weighted by molar-refractivity contribution is 0.133. The molecule has 0 radical (unpaired) electrons. The number of benzene rings is 1. The highest BCUT2D eigenvalue weighted by Gasteiger charge is 2.35. The molecule has 22 heavy (non-hydrogen) atoms. The van der Waals surface area contributed by atoms with Gasteiger partial charge >= 0.3 is 0 Å². The quantitative estimate of drug-likeness (QED) is 0.678. The third kappa shape index (κ3) is 2.79. The van der Waals surface area contributed by atoms with Crippen molar-refractivity contribution in [1.82, 2.24) is 0 Å². The van der Waals surface area contributed by atoms with Gasteiger partial charge in [-0.1, -0.05) is 6.08 Å². The maximum Gasteiger partial charge on any atom is 0.144 e. The Morgan fingerprint density at radius 2 is 1.68 bits per heavy atom. The number of nitrogens with zero attached hydrogens (tertiary/aromatic N) is 1. The van der Waals surface area contributed by atoms with Crippen LogP contribution in [-0.4, -0.2) is 0 Å². The zero-order chi connectivity index (χ0) is 15.7. The van der Waals surface area contributed by atoms with Gasteiger partial charge in [-0.25, -0.2) is 8.78 Å². The van der Waals surface area contributed by atoms with Gasteiger partial charge in [0.05, 0.1) is 0 Å². The molecule has 2 aliphatic carbocycles. The third-order valence-electron chi connectivity index (χ3n) is 5.63. The van der Waals surface area contributed by atoms with E-state index >= 15 is 0 Å². The van der Waals surface area contributed by atoms with Crippen molar-refractivity contribution in [1.29, 1.82) is 5.26 Å². The molecule has 1 aromatic rings. The molecule has 0 heterocycles. The SMILES string of the molecule is C=CC1CCC2CC(c3cc(F)c(C#N)c(F)c3)CCC2C1. The molecule has 0 aromatic heterocycles. The van der Waals surface area contributed by atoms with Gasteiger partial charge in [0.1, 0.15) is 23.3 Å². The van der Waals surface area contributed by atoms with Crippen molar-refractivity contribution in [2.45, 2.75) is 44.4 Å². The van der Waals surface area contributed by atoms with Gasteiger partial charge in [-0.2, -0.15) is 5.26 Å². The van der Waals surface area contributed by atoms with Crippen molar-refractivity contribution in [2.75, 3.05) is 0 Å². The molecule has 0 spiro atoms. The van der Waals surface area contributed by atoms with E-state index in [4.69, 9.17) is 5.26 Å². The van der Waals surface area contributed by atoms with Crippen LogP contribution in [0.4, 0.5) is 8.78 Å². The minimum atomic E-state index is -0.727. The first-order valence-corrected chi connectivity index (χ1v) is 8.14. The van der Waals surface area contributed by atoms with Crippen LogP contribution in [0.1, 0.15) is 55.6 Å². The number of nitriles is 1. The van der Waals surface area contributed by atoms with E-state index in [0.29, 0.717) is 11.8 Å². The Labute approximate surface area is 130 Å². The first-order chi connectivity index (χ1) is 10.6. The molecule has 0 bridgehead atoms. The Morgan fingerprint density at radius 3 is 2.32 bits per heavy atom. The van der Waals surface area contributed by atoms with E-state index in [2.05, 4.69) is 12.7 Å². The van der Waals surface area contributed by atoms with Crippen LogP contribution in [0.2, 0.25) is 0 Å². The minimum absolute atomic E-state index is 0.221. The Balaban J connectivity index is 1.76. The van der Waals surface area contributed by atoms with Crippen molar-refractivity contribution < 1.29 is 8.78 Å². The molecule has 1 nitrogen and oxygen atoms in total. The zero-order valence-corrected chi connectivity index (χ0v) is 12.7. The van der Waals surface area contributed by atoms with Gasteiger partial charge in [0.15, 0.2) is 0 Å². The van der Waals surface area contributed by atoms with Crippen molar-refractivity contribution in [2.24, 2.45) is 17.8 Å². The summed E-state index contributed by atoms with van der Waals surface area (Å²) < 4.78 is 27.6. The fraction of sp³-hybridized carbons (Fsp3) is 0.526. The second-order valence-electron chi connectivity index (χ2n) is 6.81. The number of rotatable bonds is 2. The van der Waals surface area contributed by atoms with Crippen LogP contribution in [0.3, 0.4) is 0 Å². The molecule has 116 valence electrons. The van der Waals surface area contributed by atoms with Gasteiger partial charge in [-0.05, 0) is 79.9 Å². The molecule has 0 amide bonds. The Kier molecular flexibility index (Phi) is 4.29. The first-order valence-electron chi connectivity index (χ1n) is 8.14. The molecule has 0 saturated heterocycles. The largest absolute Gasteiger partial charge is 0.205 e. The van der Waals surface area contributed by atoms with Gasteiger partial charge in [-0.3, -0.25) is 0 Å². The minimum Gasteiger partial charge on any atom is -0.205 e. The van der Waals surface area contributed by atoms with Crippen LogP contribution in [0.15, 0.2) is 24.8 Å². The first kappa shape index (κ1) is 15.2. The summed E-state index contributed by atoms with van der Waals surface area (Å²) in [5.41, 5.74) is 0.252. The van der Waals surface area contributed by atoms with Crippen molar-refractivity contribution in [3.8, 4) is 6.07 Å². The highest BCUT2D eigenvalue weighted by molar-refractivity contribution is 5.36. The molecular formula is C19H21F2N. The topological polar surface area (TPSA) is 23.8 Å². The summed E-state index contributed by atoms with van der Waals surface area (Å²) in [6.45, 7) is 3.91. The fourth-order valence-electron chi connectivity index (χ4n) is 4.38. The van der Waals surface area contributed by atoms with E-state index in [0.717, 1.165) is 30.7 Å². The van der Waals surface area contributed by atoms with Crippen LogP contribution in [0.5, 0.6) is 0 Å². The summed E-state index contributed by atoms with van der Waals surface area (Å²) in [5, 5.41) is 8.76. The molecular weight excluding hydrogens is 280 g/mol. The van der Waals surface area contributed by atoms with E-state index in [-0.39, 0.29) is 5.92 Å². The molecule has 2 saturated carbocycles. The lowest BCUT2D eigenvalue weighted by atomic mass is 9.64. The van der Waals surface area contributed by atoms with Crippen LogP contribution in [-0.2, 0) is 0 Å². The average Bonchev–Trinajstić information content (AvgIpc) is 2.53. The fourth-order valence-corrected chi connectivity index (χ4v) is 4.38. The Hall–Kier alpha value is -1.69. The number of fused-ring (bicyclic) bond motifs is 1. The van der Waals surface area contributed by atoms with Gasteiger partial charge in [0, 0.05) is 0 Å². The second-order valence-corrected chi connectivity index (χ2v) is 6.81. The van der Waals surface area contributed by atoms with E-state index in [1.54, 1.807) is 6.07 Å². The highest BCUT2D eigenvalue weighted by Crippen LogP contribution is 2.47. The lowest BCUT2D eigenvalue weighted by Gasteiger charge is -2.41. The standard InChI is InChI=1S/C19H21F2N/c1-2-12-3-4-14-8-15(6-5-13(14)7-12)16-9-18(20)17(11-22)19(21)10-16/h2,9-10,12-15H,1,3-8H2. The van der Waals surface area contributed by atoms with Crippen LogP contribution in [0, 0.1) is 40.7 Å². The summed E-state index contributed by atoms with van der Waals surface area (Å²) in [6, 6.07) is 4.32. The van der Waals surface area contributed by atoms with E-state index in [1.165, 1.54) is 31.4 Å². The number of hydrogen-bond acceptors (Lipinski definition) is 1. The van der Waals surface area contributed by atoms with E-state index < -0.39 is 17.2 Å².